The zero-order chi connectivity index (χ0) is 12.3. The summed E-state index contributed by atoms with van der Waals surface area (Å²) in [6.07, 6.45) is 2.81. The number of nitrogens with two attached hydrogens (primary N) is 1. The lowest BCUT2D eigenvalue weighted by molar-refractivity contribution is 0.314. The first-order chi connectivity index (χ1) is 8.13. The molecule has 5 N–H and O–H groups in total. The van der Waals surface area contributed by atoms with Crippen LogP contribution in [0.3, 0.4) is 0 Å². The van der Waals surface area contributed by atoms with Gasteiger partial charge in [0.1, 0.15) is 5.84 Å². The molecular weight excluding hydrogens is 240 g/mol. The van der Waals surface area contributed by atoms with E-state index in [0.29, 0.717) is 13.0 Å². The number of hydrogen-bond acceptors (Lipinski definition) is 5. The lowest BCUT2D eigenvalue weighted by Gasteiger charge is -2.14. The standard InChI is InChI=1S/C10H16N4O2S/c11-8(14-16)3-10(1-2-10)6-12-4-7-5-17-9(15)13-7/h5,12,16H,1-4,6H2,(H2,11,14)(H,13,15). The van der Waals surface area contributed by atoms with Crippen LogP contribution in [0, 0.1) is 5.41 Å². The summed E-state index contributed by atoms with van der Waals surface area (Å²) in [6, 6.07) is 0. The summed E-state index contributed by atoms with van der Waals surface area (Å²) >= 11 is 1.17. The largest absolute Gasteiger partial charge is 0.409 e. The highest BCUT2D eigenvalue weighted by Crippen LogP contribution is 2.48. The summed E-state index contributed by atoms with van der Waals surface area (Å²) in [4.78, 5) is 13.6. The highest BCUT2D eigenvalue weighted by atomic mass is 32.1. The fourth-order valence-corrected chi connectivity index (χ4v) is 2.46. The van der Waals surface area contributed by atoms with E-state index in [2.05, 4.69) is 15.5 Å². The number of H-pyrrole nitrogens is 1. The molecule has 1 aliphatic rings. The van der Waals surface area contributed by atoms with E-state index in [4.69, 9.17) is 10.9 Å². The minimum Gasteiger partial charge on any atom is -0.409 e. The van der Waals surface area contributed by atoms with Crippen molar-refractivity contribution in [2.24, 2.45) is 16.3 Å². The molecule has 94 valence electrons. The van der Waals surface area contributed by atoms with E-state index >= 15 is 0 Å². The van der Waals surface area contributed by atoms with Gasteiger partial charge in [0.05, 0.1) is 0 Å². The van der Waals surface area contributed by atoms with Gasteiger partial charge in [0.25, 0.3) is 0 Å². The van der Waals surface area contributed by atoms with E-state index in [1.807, 2.05) is 5.38 Å². The Labute approximate surface area is 103 Å². The number of aromatic nitrogens is 1. The molecule has 1 fully saturated rings. The topological polar surface area (TPSA) is 104 Å². The first-order valence-corrected chi connectivity index (χ1v) is 6.35. The van der Waals surface area contributed by atoms with Crippen LogP contribution in [0.1, 0.15) is 25.0 Å². The van der Waals surface area contributed by atoms with Crippen LogP contribution < -0.4 is 15.9 Å². The maximum atomic E-state index is 10.9. The quantitative estimate of drug-likeness (QED) is 0.257. The Kier molecular flexibility index (Phi) is 3.49. The van der Waals surface area contributed by atoms with Crippen LogP contribution in [0.25, 0.3) is 0 Å². The second kappa shape index (κ2) is 4.89. The molecule has 7 heteroatoms. The smallest absolute Gasteiger partial charge is 0.304 e. The van der Waals surface area contributed by atoms with Gasteiger partial charge in [-0.05, 0) is 18.3 Å². The highest BCUT2D eigenvalue weighted by molar-refractivity contribution is 7.07. The van der Waals surface area contributed by atoms with Crippen LogP contribution in [-0.2, 0) is 6.54 Å². The van der Waals surface area contributed by atoms with E-state index in [1.54, 1.807) is 0 Å². The van der Waals surface area contributed by atoms with Gasteiger partial charge in [0.15, 0.2) is 0 Å². The number of hydrogen-bond donors (Lipinski definition) is 4. The van der Waals surface area contributed by atoms with Crippen LogP contribution in [0.4, 0.5) is 0 Å². The second-order valence-corrected chi connectivity index (χ2v) is 5.39. The third-order valence-electron chi connectivity index (χ3n) is 3.03. The molecular formula is C10H16N4O2S. The molecule has 17 heavy (non-hydrogen) atoms. The Morgan fingerprint density at radius 1 is 1.71 bits per heavy atom. The zero-order valence-corrected chi connectivity index (χ0v) is 10.2. The third kappa shape index (κ3) is 3.31. The van der Waals surface area contributed by atoms with Crippen molar-refractivity contribution in [3.05, 3.63) is 20.7 Å². The average molecular weight is 256 g/mol. The molecule has 1 aromatic rings. The molecule has 0 bridgehead atoms. The summed E-state index contributed by atoms with van der Waals surface area (Å²) < 4.78 is 0. The van der Waals surface area contributed by atoms with Gasteiger partial charge >= 0.3 is 4.87 Å². The molecule has 1 aromatic heterocycles. The van der Waals surface area contributed by atoms with Gasteiger partial charge in [-0.25, -0.2) is 0 Å². The van der Waals surface area contributed by atoms with Crippen molar-refractivity contribution < 1.29 is 5.21 Å². The van der Waals surface area contributed by atoms with Crippen molar-refractivity contribution in [3.63, 3.8) is 0 Å². The fourth-order valence-electron chi connectivity index (χ4n) is 1.88. The maximum Gasteiger partial charge on any atom is 0.304 e. The summed E-state index contributed by atoms with van der Waals surface area (Å²) in [5, 5.41) is 16.6. The van der Waals surface area contributed by atoms with Crippen LogP contribution in [0.15, 0.2) is 15.3 Å². The summed E-state index contributed by atoms with van der Waals surface area (Å²) in [6.45, 7) is 1.47. The molecule has 6 nitrogen and oxygen atoms in total. The van der Waals surface area contributed by atoms with Gasteiger partial charge in [-0.15, -0.1) is 0 Å². The Bertz CT molecular complexity index is 461. The minimum atomic E-state index is -0.0282. The van der Waals surface area contributed by atoms with Crippen LogP contribution in [-0.4, -0.2) is 22.6 Å². The minimum absolute atomic E-state index is 0.0282. The number of nitrogens with one attached hydrogen (secondary N) is 2. The molecule has 1 aliphatic carbocycles. The fraction of sp³-hybridized carbons (Fsp3) is 0.600. The van der Waals surface area contributed by atoms with E-state index in [1.165, 1.54) is 11.3 Å². The maximum absolute atomic E-state index is 10.9. The normalized spacial score (nSPS) is 18.2. The van der Waals surface area contributed by atoms with Gasteiger partial charge in [0.2, 0.25) is 0 Å². The van der Waals surface area contributed by atoms with Crippen LogP contribution in [0.5, 0.6) is 0 Å². The van der Waals surface area contributed by atoms with Gasteiger partial charge in [0, 0.05) is 30.6 Å². The Hall–Kier alpha value is -1.34. The lowest BCUT2D eigenvalue weighted by atomic mass is 10.0. The summed E-state index contributed by atoms with van der Waals surface area (Å²) in [7, 11) is 0. The Balaban J connectivity index is 1.77. The lowest BCUT2D eigenvalue weighted by Crippen LogP contribution is -2.28. The van der Waals surface area contributed by atoms with Crippen molar-refractivity contribution in [3.8, 4) is 0 Å². The van der Waals surface area contributed by atoms with Gasteiger partial charge in [-0.1, -0.05) is 16.5 Å². The van der Waals surface area contributed by atoms with Crippen LogP contribution >= 0.6 is 11.3 Å². The molecule has 0 atom stereocenters. The molecule has 1 saturated carbocycles. The molecule has 0 saturated heterocycles. The highest BCUT2D eigenvalue weighted by Gasteiger charge is 2.42. The van der Waals surface area contributed by atoms with Crippen molar-refractivity contribution in [1.29, 1.82) is 0 Å². The van der Waals surface area contributed by atoms with Crippen LogP contribution in [0.2, 0.25) is 0 Å². The number of nitrogens with zero attached hydrogens (tertiary/aromatic N) is 1. The first kappa shape index (κ1) is 12.1. The van der Waals surface area contributed by atoms with E-state index in [9.17, 15) is 4.79 Å². The first-order valence-electron chi connectivity index (χ1n) is 5.47. The predicted octanol–water partition coefficient (Wildman–Crippen LogP) is 0.443. The molecule has 0 radical (unpaired) electrons. The van der Waals surface area contributed by atoms with Crippen molar-refractivity contribution in [1.82, 2.24) is 10.3 Å². The zero-order valence-electron chi connectivity index (χ0n) is 9.40. The van der Waals surface area contributed by atoms with E-state index in [0.717, 1.165) is 25.1 Å². The molecule has 0 aromatic carbocycles. The monoisotopic (exact) mass is 256 g/mol. The SMILES string of the molecule is NC(CC1(CNCc2csc(=O)[nH]2)CC1)=NO. The second-order valence-electron chi connectivity index (χ2n) is 4.55. The van der Waals surface area contributed by atoms with Crippen molar-refractivity contribution in [2.75, 3.05) is 6.54 Å². The Morgan fingerprint density at radius 2 is 2.47 bits per heavy atom. The van der Waals surface area contributed by atoms with E-state index in [-0.39, 0.29) is 16.1 Å². The Morgan fingerprint density at radius 3 is 3.00 bits per heavy atom. The van der Waals surface area contributed by atoms with Gasteiger partial charge in [-0.3, -0.25) is 4.79 Å². The summed E-state index contributed by atoms with van der Waals surface area (Å²) in [5.74, 6) is 0.285. The third-order valence-corrected chi connectivity index (χ3v) is 3.75. The van der Waals surface area contributed by atoms with Gasteiger partial charge < -0.3 is 21.2 Å². The molecule has 0 spiro atoms. The van der Waals surface area contributed by atoms with Crippen molar-refractivity contribution in [2.45, 2.75) is 25.8 Å². The molecule has 0 aliphatic heterocycles. The van der Waals surface area contributed by atoms with E-state index < -0.39 is 0 Å². The number of rotatable bonds is 6. The number of thiazole rings is 1. The average Bonchev–Trinajstić information content (AvgIpc) is 2.93. The molecule has 1 heterocycles. The summed E-state index contributed by atoms with van der Waals surface area (Å²) in [5.41, 5.74) is 6.56. The van der Waals surface area contributed by atoms with Crippen molar-refractivity contribution >= 4 is 17.2 Å². The number of amidine groups is 1. The predicted molar refractivity (Wildman–Crippen MR) is 66.3 cm³/mol. The molecule has 2 rings (SSSR count). The number of aromatic amines is 1. The molecule has 0 amide bonds. The van der Waals surface area contributed by atoms with Gasteiger partial charge in [-0.2, -0.15) is 0 Å². The molecule has 0 unspecified atom stereocenters. The number of oxime groups is 1.